The van der Waals surface area contributed by atoms with Crippen LogP contribution in [0.25, 0.3) is 6.08 Å². The number of ether oxygens (including phenoxy) is 2. The molecule has 4 nitrogen and oxygen atoms in total. The van der Waals surface area contributed by atoms with Gasteiger partial charge < -0.3 is 14.8 Å². The van der Waals surface area contributed by atoms with Crippen LogP contribution in [0.5, 0.6) is 11.5 Å². The van der Waals surface area contributed by atoms with Crippen LogP contribution in [0.4, 0.5) is 5.69 Å². The van der Waals surface area contributed by atoms with Crippen molar-refractivity contribution in [3.8, 4) is 11.5 Å². The predicted octanol–water partition coefficient (Wildman–Crippen LogP) is 5.30. The van der Waals surface area contributed by atoms with Gasteiger partial charge in [0.1, 0.15) is 11.5 Å². The molecule has 0 spiro atoms. The van der Waals surface area contributed by atoms with E-state index >= 15 is 0 Å². The number of carbonyl (C=O) groups is 1. The molecule has 0 saturated carbocycles. The lowest BCUT2D eigenvalue weighted by Crippen LogP contribution is -2.08. The Morgan fingerprint density at radius 1 is 1.04 bits per heavy atom. The Labute approximate surface area is 155 Å². The summed E-state index contributed by atoms with van der Waals surface area (Å²) in [6.07, 6.45) is 5.59. The summed E-state index contributed by atoms with van der Waals surface area (Å²) in [7, 11) is 0. The van der Waals surface area contributed by atoms with Gasteiger partial charge in [-0.2, -0.15) is 0 Å². The Morgan fingerprint density at radius 3 is 2.31 bits per heavy atom. The SMILES string of the molecule is CCCCOc1ccc(C=CC(=O)Nc2ccc(OC(C)C)cc2)cc1. The van der Waals surface area contributed by atoms with Crippen LogP contribution in [-0.4, -0.2) is 18.6 Å². The van der Waals surface area contributed by atoms with Gasteiger partial charge in [-0.15, -0.1) is 0 Å². The molecule has 0 heterocycles. The van der Waals surface area contributed by atoms with Crippen LogP contribution in [0.15, 0.2) is 54.6 Å². The monoisotopic (exact) mass is 353 g/mol. The first-order valence-corrected chi connectivity index (χ1v) is 9.05. The van der Waals surface area contributed by atoms with Crippen LogP contribution in [-0.2, 0) is 4.79 Å². The normalized spacial score (nSPS) is 10.9. The lowest BCUT2D eigenvalue weighted by molar-refractivity contribution is -0.111. The van der Waals surface area contributed by atoms with E-state index in [9.17, 15) is 4.79 Å². The number of benzene rings is 2. The number of rotatable bonds is 9. The van der Waals surface area contributed by atoms with Gasteiger partial charge in [0.25, 0.3) is 0 Å². The fraction of sp³-hybridized carbons (Fsp3) is 0.318. The summed E-state index contributed by atoms with van der Waals surface area (Å²) in [6, 6.07) is 15.0. The number of unbranched alkanes of at least 4 members (excludes halogenated alkanes) is 1. The van der Waals surface area contributed by atoms with Crippen molar-refractivity contribution in [3.63, 3.8) is 0 Å². The van der Waals surface area contributed by atoms with Crippen molar-refractivity contribution in [2.75, 3.05) is 11.9 Å². The van der Waals surface area contributed by atoms with Gasteiger partial charge in [0.2, 0.25) is 5.91 Å². The van der Waals surface area contributed by atoms with Crippen molar-refractivity contribution < 1.29 is 14.3 Å². The summed E-state index contributed by atoms with van der Waals surface area (Å²) in [5, 5.41) is 2.83. The van der Waals surface area contributed by atoms with E-state index < -0.39 is 0 Å². The molecule has 0 atom stereocenters. The zero-order chi connectivity index (χ0) is 18.8. The highest BCUT2D eigenvalue weighted by Crippen LogP contribution is 2.17. The van der Waals surface area contributed by atoms with Crippen LogP contribution in [0.3, 0.4) is 0 Å². The van der Waals surface area contributed by atoms with Crippen molar-refractivity contribution in [1.29, 1.82) is 0 Å². The summed E-state index contributed by atoms with van der Waals surface area (Å²) in [5.74, 6) is 1.46. The van der Waals surface area contributed by atoms with Crippen molar-refractivity contribution in [2.24, 2.45) is 0 Å². The predicted molar refractivity (Wildman–Crippen MR) is 107 cm³/mol. The third-order valence-electron chi connectivity index (χ3n) is 3.57. The molecular weight excluding hydrogens is 326 g/mol. The maximum Gasteiger partial charge on any atom is 0.248 e. The van der Waals surface area contributed by atoms with Crippen molar-refractivity contribution >= 4 is 17.7 Å². The van der Waals surface area contributed by atoms with Crippen LogP contribution in [0.1, 0.15) is 39.2 Å². The quantitative estimate of drug-likeness (QED) is 0.491. The second-order valence-corrected chi connectivity index (χ2v) is 6.28. The molecule has 138 valence electrons. The maximum atomic E-state index is 12.0. The molecule has 1 amide bonds. The fourth-order valence-corrected chi connectivity index (χ4v) is 2.25. The number of amides is 1. The molecule has 2 rings (SSSR count). The summed E-state index contributed by atoms with van der Waals surface area (Å²) in [4.78, 5) is 12.0. The second-order valence-electron chi connectivity index (χ2n) is 6.28. The van der Waals surface area contributed by atoms with Gasteiger partial charge in [0.15, 0.2) is 0 Å². The van der Waals surface area contributed by atoms with Crippen LogP contribution in [0.2, 0.25) is 0 Å². The Hall–Kier alpha value is -2.75. The maximum absolute atomic E-state index is 12.0. The number of anilines is 1. The largest absolute Gasteiger partial charge is 0.494 e. The first kappa shape index (κ1) is 19.6. The number of nitrogens with one attached hydrogen (secondary N) is 1. The van der Waals surface area contributed by atoms with E-state index in [2.05, 4.69) is 12.2 Å². The molecule has 0 aliphatic rings. The molecule has 0 saturated heterocycles. The molecule has 0 fully saturated rings. The van der Waals surface area contributed by atoms with E-state index in [0.29, 0.717) is 0 Å². The summed E-state index contributed by atoms with van der Waals surface area (Å²) in [6.45, 7) is 6.82. The lowest BCUT2D eigenvalue weighted by atomic mass is 10.2. The van der Waals surface area contributed by atoms with Crippen LogP contribution >= 0.6 is 0 Å². The van der Waals surface area contributed by atoms with Gasteiger partial charge in [-0.05, 0) is 68.3 Å². The smallest absolute Gasteiger partial charge is 0.248 e. The third kappa shape index (κ3) is 7.01. The molecular formula is C22H27NO3. The zero-order valence-electron chi connectivity index (χ0n) is 15.7. The Morgan fingerprint density at radius 2 is 1.69 bits per heavy atom. The molecule has 0 aliphatic heterocycles. The van der Waals surface area contributed by atoms with Gasteiger partial charge >= 0.3 is 0 Å². The number of carbonyl (C=O) groups excluding carboxylic acids is 1. The molecule has 26 heavy (non-hydrogen) atoms. The van der Waals surface area contributed by atoms with Crippen LogP contribution in [0, 0.1) is 0 Å². The highest BCUT2D eigenvalue weighted by atomic mass is 16.5. The minimum absolute atomic E-state index is 0.127. The third-order valence-corrected chi connectivity index (χ3v) is 3.57. The first-order valence-electron chi connectivity index (χ1n) is 9.05. The molecule has 1 N–H and O–H groups in total. The molecule has 0 unspecified atom stereocenters. The van der Waals surface area contributed by atoms with Gasteiger partial charge in [-0.1, -0.05) is 25.5 Å². The van der Waals surface area contributed by atoms with Crippen LogP contribution < -0.4 is 14.8 Å². The van der Waals surface area contributed by atoms with Crippen molar-refractivity contribution in [1.82, 2.24) is 0 Å². The second kappa shape index (κ2) is 10.3. The van der Waals surface area contributed by atoms with Crippen molar-refractivity contribution in [2.45, 2.75) is 39.7 Å². The van der Waals surface area contributed by atoms with Crippen molar-refractivity contribution in [3.05, 3.63) is 60.2 Å². The molecule has 4 heteroatoms. The van der Waals surface area contributed by atoms with Gasteiger partial charge in [-0.3, -0.25) is 4.79 Å². The standard InChI is InChI=1S/C22H27NO3/c1-4-5-16-25-20-11-6-18(7-12-20)8-15-22(24)23-19-9-13-21(14-10-19)26-17(2)3/h6-15,17H,4-5,16H2,1-3H3,(H,23,24). The van der Waals surface area contributed by atoms with E-state index in [1.807, 2.05) is 62.4 Å². The lowest BCUT2D eigenvalue weighted by Gasteiger charge is -2.10. The minimum atomic E-state index is -0.175. The average Bonchev–Trinajstić information content (AvgIpc) is 2.62. The summed E-state index contributed by atoms with van der Waals surface area (Å²) >= 11 is 0. The molecule has 0 radical (unpaired) electrons. The van der Waals surface area contributed by atoms with Gasteiger partial charge in [0, 0.05) is 11.8 Å². The van der Waals surface area contributed by atoms with Gasteiger partial charge in [-0.25, -0.2) is 0 Å². The Kier molecular flexibility index (Phi) is 7.75. The summed E-state index contributed by atoms with van der Waals surface area (Å²) < 4.78 is 11.2. The zero-order valence-corrected chi connectivity index (χ0v) is 15.7. The molecule has 0 aromatic heterocycles. The summed E-state index contributed by atoms with van der Waals surface area (Å²) in [5.41, 5.74) is 1.68. The van der Waals surface area contributed by atoms with E-state index in [1.54, 1.807) is 6.08 Å². The Balaban J connectivity index is 1.84. The minimum Gasteiger partial charge on any atom is -0.494 e. The van der Waals surface area contributed by atoms with E-state index in [0.717, 1.165) is 42.2 Å². The molecule has 2 aromatic rings. The molecule has 0 bridgehead atoms. The topological polar surface area (TPSA) is 47.6 Å². The average molecular weight is 353 g/mol. The first-order chi connectivity index (χ1) is 12.6. The van der Waals surface area contributed by atoms with Gasteiger partial charge in [0.05, 0.1) is 12.7 Å². The fourth-order valence-electron chi connectivity index (χ4n) is 2.25. The van der Waals surface area contributed by atoms with E-state index in [4.69, 9.17) is 9.47 Å². The molecule has 0 aliphatic carbocycles. The number of hydrogen-bond acceptors (Lipinski definition) is 3. The van der Waals surface area contributed by atoms with E-state index in [-0.39, 0.29) is 12.0 Å². The number of hydrogen-bond donors (Lipinski definition) is 1. The highest BCUT2D eigenvalue weighted by molar-refractivity contribution is 6.01. The highest BCUT2D eigenvalue weighted by Gasteiger charge is 2.01. The Bertz CT molecular complexity index is 703. The van der Waals surface area contributed by atoms with E-state index in [1.165, 1.54) is 6.08 Å². The molecule has 2 aromatic carbocycles.